The van der Waals surface area contributed by atoms with Gasteiger partial charge in [-0.15, -0.1) is 0 Å². The monoisotopic (exact) mass is 342 g/mol. The number of ether oxygens (including phenoxy) is 1. The Kier molecular flexibility index (Phi) is 9.01. The second-order valence-electron chi connectivity index (χ2n) is 5.60. The van der Waals surface area contributed by atoms with Crippen LogP contribution in [-0.2, 0) is 14.3 Å². The average Bonchev–Trinajstić information content (AvgIpc) is 2.65. The molecule has 4 heteroatoms. The van der Waals surface area contributed by atoms with Crippen LogP contribution in [0.1, 0.15) is 49.7 Å². The van der Waals surface area contributed by atoms with Gasteiger partial charge < -0.3 is 9.84 Å². The zero-order chi connectivity index (χ0) is 18.7. The zero-order valence-corrected chi connectivity index (χ0v) is 15.0. The molecule has 0 radical (unpaired) electrons. The Bertz CT molecular complexity index is 637. The van der Waals surface area contributed by atoms with Gasteiger partial charge in [0.1, 0.15) is 0 Å². The molecule has 0 amide bonds. The second-order valence-corrected chi connectivity index (χ2v) is 5.60. The molecule has 0 fully saturated rings. The first-order valence-electron chi connectivity index (χ1n) is 8.45. The fourth-order valence-corrected chi connectivity index (χ4v) is 2.60. The van der Waals surface area contributed by atoms with Gasteiger partial charge in [-0.3, -0.25) is 9.59 Å². The molecule has 0 spiro atoms. The van der Waals surface area contributed by atoms with E-state index in [-0.39, 0.29) is 17.8 Å². The molecule has 0 aliphatic rings. The molecule has 0 bridgehead atoms. The van der Waals surface area contributed by atoms with Crippen molar-refractivity contribution in [1.29, 1.82) is 0 Å². The van der Waals surface area contributed by atoms with Crippen LogP contribution in [0.3, 0.4) is 0 Å². The largest absolute Gasteiger partial charge is 0.481 e. The summed E-state index contributed by atoms with van der Waals surface area (Å²) in [5, 5.41) is 8.83. The number of esters is 1. The lowest BCUT2D eigenvalue weighted by Gasteiger charge is -2.11. The molecule has 4 nitrogen and oxygen atoms in total. The SMILES string of the molecule is CCC(C(=O)O)c1ccccc1.CCC(C(=O)OC)c1ccccc1. The highest BCUT2D eigenvalue weighted by Crippen LogP contribution is 2.20. The summed E-state index contributed by atoms with van der Waals surface area (Å²) < 4.78 is 4.72. The van der Waals surface area contributed by atoms with Gasteiger partial charge in [-0.1, -0.05) is 74.5 Å². The topological polar surface area (TPSA) is 63.6 Å². The van der Waals surface area contributed by atoms with Crippen molar-refractivity contribution in [2.24, 2.45) is 0 Å². The van der Waals surface area contributed by atoms with Crippen LogP contribution in [0.2, 0.25) is 0 Å². The van der Waals surface area contributed by atoms with E-state index in [0.29, 0.717) is 6.42 Å². The Labute approximate surface area is 149 Å². The number of benzene rings is 2. The van der Waals surface area contributed by atoms with Crippen molar-refractivity contribution in [3.63, 3.8) is 0 Å². The number of hydrogen-bond acceptors (Lipinski definition) is 3. The van der Waals surface area contributed by atoms with E-state index in [9.17, 15) is 9.59 Å². The molecule has 0 aliphatic heterocycles. The van der Waals surface area contributed by atoms with Gasteiger partial charge in [0.05, 0.1) is 18.9 Å². The van der Waals surface area contributed by atoms with E-state index in [4.69, 9.17) is 9.84 Å². The molecule has 2 aromatic carbocycles. The molecule has 2 unspecified atom stereocenters. The fourth-order valence-electron chi connectivity index (χ4n) is 2.60. The van der Waals surface area contributed by atoms with E-state index >= 15 is 0 Å². The third-order valence-electron chi connectivity index (χ3n) is 4.00. The number of aliphatic carboxylic acids is 1. The molecule has 134 valence electrons. The predicted molar refractivity (Wildman–Crippen MR) is 98.6 cm³/mol. The van der Waals surface area contributed by atoms with E-state index in [2.05, 4.69) is 0 Å². The molecule has 0 saturated carbocycles. The van der Waals surface area contributed by atoms with Crippen molar-refractivity contribution in [2.45, 2.75) is 38.5 Å². The molecular weight excluding hydrogens is 316 g/mol. The van der Waals surface area contributed by atoms with Crippen LogP contribution in [0, 0.1) is 0 Å². The highest BCUT2D eigenvalue weighted by atomic mass is 16.5. The van der Waals surface area contributed by atoms with Crippen molar-refractivity contribution in [1.82, 2.24) is 0 Å². The number of carbonyl (C=O) groups is 2. The van der Waals surface area contributed by atoms with Crippen LogP contribution in [0.4, 0.5) is 0 Å². The van der Waals surface area contributed by atoms with Gasteiger partial charge >= 0.3 is 11.9 Å². The van der Waals surface area contributed by atoms with Gasteiger partial charge in [0.15, 0.2) is 0 Å². The van der Waals surface area contributed by atoms with Gasteiger partial charge in [0.2, 0.25) is 0 Å². The summed E-state index contributed by atoms with van der Waals surface area (Å²) in [6, 6.07) is 19.0. The Balaban J connectivity index is 0.000000251. The van der Waals surface area contributed by atoms with Crippen LogP contribution in [0.25, 0.3) is 0 Å². The normalized spacial score (nSPS) is 12.3. The van der Waals surface area contributed by atoms with E-state index in [1.807, 2.05) is 74.5 Å². The van der Waals surface area contributed by atoms with E-state index in [1.54, 1.807) is 0 Å². The van der Waals surface area contributed by atoms with Crippen molar-refractivity contribution < 1.29 is 19.4 Å². The summed E-state index contributed by atoms with van der Waals surface area (Å²) in [4.78, 5) is 22.1. The van der Waals surface area contributed by atoms with Crippen molar-refractivity contribution in [3.8, 4) is 0 Å². The highest BCUT2D eigenvalue weighted by molar-refractivity contribution is 5.78. The standard InChI is InChI=1S/C11H14O2.C10H12O2/c1-3-10(11(12)13-2)9-7-5-4-6-8-9;1-2-9(10(11)12)8-6-4-3-5-7-8/h4-8,10H,3H2,1-2H3;3-7,9H,2H2,1H3,(H,11,12). The molecular formula is C21H26O4. The van der Waals surface area contributed by atoms with Crippen LogP contribution >= 0.6 is 0 Å². The molecule has 0 aliphatic carbocycles. The molecule has 0 heterocycles. The first-order chi connectivity index (χ1) is 12.0. The molecule has 1 N–H and O–H groups in total. The minimum absolute atomic E-state index is 0.119. The summed E-state index contributed by atoms with van der Waals surface area (Å²) in [7, 11) is 1.42. The quantitative estimate of drug-likeness (QED) is 0.778. The summed E-state index contributed by atoms with van der Waals surface area (Å²) in [6.07, 6.45) is 1.41. The maximum Gasteiger partial charge on any atom is 0.313 e. The Morgan fingerprint density at radius 2 is 1.24 bits per heavy atom. The van der Waals surface area contributed by atoms with Gasteiger partial charge in [0.25, 0.3) is 0 Å². The second kappa shape index (κ2) is 11.0. The van der Waals surface area contributed by atoms with Gasteiger partial charge in [-0.25, -0.2) is 0 Å². The summed E-state index contributed by atoms with van der Waals surface area (Å²) >= 11 is 0. The molecule has 2 rings (SSSR count). The first kappa shape index (κ1) is 20.4. The van der Waals surface area contributed by atoms with Crippen LogP contribution in [-0.4, -0.2) is 24.2 Å². The van der Waals surface area contributed by atoms with Crippen molar-refractivity contribution in [2.75, 3.05) is 7.11 Å². The van der Waals surface area contributed by atoms with Crippen LogP contribution in [0.5, 0.6) is 0 Å². The summed E-state index contributed by atoms with van der Waals surface area (Å²) in [6.45, 7) is 3.86. The molecule has 25 heavy (non-hydrogen) atoms. The lowest BCUT2D eigenvalue weighted by Crippen LogP contribution is -2.13. The summed E-state index contributed by atoms with van der Waals surface area (Å²) in [5.74, 6) is -1.38. The number of rotatable bonds is 6. The van der Waals surface area contributed by atoms with E-state index in [0.717, 1.165) is 17.5 Å². The van der Waals surface area contributed by atoms with Crippen LogP contribution in [0.15, 0.2) is 60.7 Å². The van der Waals surface area contributed by atoms with Gasteiger partial charge in [-0.2, -0.15) is 0 Å². The molecule has 0 aromatic heterocycles. The minimum Gasteiger partial charge on any atom is -0.481 e. The lowest BCUT2D eigenvalue weighted by molar-refractivity contribution is -0.142. The highest BCUT2D eigenvalue weighted by Gasteiger charge is 2.18. The number of methoxy groups -OCH3 is 1. The number of hydrogen-bond donors (Lipinski definition) is 1. The van der Waals surface area contributed by atoms with E-state index < -0.39 is 5.97 Å². The number of carbonyl (C=O) groups excluding carboxylic acids is 1. The Hall–Kier alpha value is -2.62. The lowest BCUT2D eigenvalue weighted by atomic mass is 9.97. The maximum atomic E-state index is 11.3. The molecule has 0 saturated heterocycles. The van der Waals surface area contributed by atoms with Crippen LogP contribution < -0.4 is 0 Å². The molecule has 2 atom stereocenters. The minimum atomic E-state index is -0.747. The van der Waals surface area contributed by atoms with Gasteiger partial charge in [0, 0.05) is 0 Å². The molecule has 2 aromatic rings. The smallest absolute Gasteiger partial charge is 0.313 e. The van der Waals surface area contributed by atoms with Crippen molar-refractivity contribution >= 4 is 11.9 Å². The van der Waals surface area contributed by atoms with Crippen molar-refractivity contribution in [3.05, 3.63) is 71.8 Å². The third kappa shape index (κ3) is 6.42. The first-order valence-corrected chi connectivity index (χ1v) is 8.45. The average molecular weight is 342 g/mol. The Morgan fingerprint density at radius 1 is 0.840 bits per heavy atom. The van der Waals surface area contributed by atoms with E-state index in [1.165, 1.54) is 7.11 Å². The fraction of sp³-hybridized carbons (Fsp3) is 0.333. The summed E-state index contributed by atoms with van der Waals surface area (Å²) in [5.41, 5.74) is 1.91. The zero-order valence-electron chi connectivity index (χ0n) is 15.0. The Morgan fingerprint density at radius 3 is 1.56 bits per heavy atom. The third-order valence-corrected chi connectivity index (χ3v) is 4.00. The predicted octanol–water partition coefficient (Wildman–Crippen LogP) is 4.62. The number of carboxylic acid groups (broad SMARTS) is 1. The van der Waals surface area contributed by atoms with Gasteiger partial charge in [-0.05, 0) is 24.0 Å². The maximum absolute atomic E-state index is 11.3. The number of carboxylic acids is 1.